The van der Waals surface area contributed by atoms with Crippen molar-refractivity contribution in [1.29, 1.82) is 0 Å². The molecule has 0 saturated heterocycles. The van der Waals surface area contributed by atoms with Crippen LogP contribution in [0, 0.1) is 0 Å². The Morgan fingerprint density at radius 1 is 0.844 bits per heavy atom. The van der Waals surface area contributed by atoms with Gasteiger partial charge in [0.1, 0.15) is 17.4 Å². The van der Waals surface area contributed by atoms with Gasteiger partial charge in [-0.2, -0.15) is 0 Å². The van der Waals surface area contributed by atoms with Gasteiger partial charge in [0.25, 0.3) is 0 Å². The lowest BCUT2D eigenvalue weighted by Crippen LogP contribution is -2.15. The summed E-state index contributed by atoms with van der Waals surface area (Å²) in [7, 11) is 1.63. The molecule has 1 heterocycles. The zero-order valence-electron chi connectivity index (χ0n) is 19.2. The average molecular weight is 431 g/mol. The number of rotatable bonds is 7. The maximum Gasteiger partial charge on any atom is 0.159 e. The number of benzene rings is 2. The van der Waals surface area contributed by atoms with Crippen LogP contribution < -0.4 is 16.2 Å². The maximum atomic E-state index is 6.12. The van der Waals surface area contributed by atoms with Crippen molar-refractivity contribution in [3.63, 3.8) is 0 Å². The standard InChI is InChI=1S/C25H30N6O/c1-15(2)29-23(26)17-6-8-18(9-7-17)25-28-13-12-21(31-25)20-11-10-19(14-22(20)32-5)24(27)30-16(3)4/h6-16H,1-5H3,(H2,26,29)(H2,27,30). The number of hydrogen-bond donors (Lipinski definition) is 2. The third-order valence-corrected chi connectivity index (χ3v) is 4.66. The Morgan fingerprint density at radius 3 is 2.03 bits per heavy atom. The first-order chi connectivity index (χ1) is 15.3. The predicted molar refractivity (Wildman–Crippen MR) is 131 cm³/mol. The first-order valence-electron chi connectivity index (χ1n) is 10.6. The predicted octanol–water partition coefficient (Wildman–Crippen LogP) is 4.05. The second-order valence-electron chi connectivity index (χ2n) is 7.97. The summed E-state index contributed by atoms with van der Waals surface area (Å²) in [5, 5.41) is 0. The van der Waals surface area contributed by atoms with E-state index in [4.69, 9.17) is 21.2 Å². The summed E-state index contributed by atoms with van der Waals surface area (Å²) in [5.41, 5.74) is 16.4. The Kier molecular flexibility index (Phi) is 7.20. The minimum absolute atomic E-state index is 0.114. The van der Waals surface area contributed by atoms with E-state index in [0.29, 0.717) is 23.2 Å². The van der Waals surface area contributed by atoms with Gasteiger partial charge < -0.3 is 16.2 Å². The highest BCUT2D eigenvalue weighted by Gasteiger charge is 2.12. The molecule has 0 aliphatic heterocycles. The molecule has 2 aromatic carbocycles. The van der Waals surface area contributed by atoms with Crippen LogP contribution in [0.1, 0.15) is 38.8 Å². The van der Waals surface area contributed by atoms with Crippen LogP contribution in [0.5, 0.6) is 5.75 Å². The van der Waals surface area contributed by atoms with Gasteiger partial charge in [-0.3, -0.25) is 9.98 Å². The Bertz CT molecular complexity index is 1130. The molecule has 166 valence electrons. The summed E-state index contributed by atoms with van der Waals surface area (Å²) in [6.07, 6.45) is 1.74. The van der Waals surface area contributed by atoms with Crippen molar-refractivity contribution < 1.29 is 4.74 Å². The topological polar surface area (TPSA) is 112 Å². The van der Waals surface area contributed by atoms with Crippen molar-refractivity contribution in [1.82, 2.24) is 9.97 Å². The van der Waals surface area contributed by atoms with E-state index in [1.807, 2.05) is 76.2 Å². The van der Waals surface area contributed by atoms with Gasteiger partial charge in [0.2, 0.25) is 0 Å². The number of nitrogens with zero attached hydrogens (tertiary/aromatic N) is 4. The molecule has 32 heavy (non-hydrogen) atoms. The normalized spacial score (nSPS) is 12.5. The van der Waals surface area contributed by atoms with Crippen LogP contribution in [0.4, 0.5) is 0 Å². The minimum atomic E-state index is 0.114. The molecule has 0 unspecified atom stereocenters. The molecule has 3 rings (SSSR count). The van der Waals surface area contributed by atoms with Crippen LogP contribution in [0.3, 0.4) is 0 Å². The van der Waals surface area contributed by atoms with Gasteiger partial charge in [-0.25, -0.2) is 9.97 Å². The van der Waals surface area contributed by atoms with E-state index >= 15 is 0 Å². The van der Waals surface area contributed by atoms with Crippen molar-refractivity contribution in [2.75, 3.05) is 7.11 Å². The molecule has 0 radical (unpaired) electrons. The molecule has 0 saturated carbocycles. The highest BCUT2D eigenvalue weighted by Crippen LogP contribution is 2.30. The molecular formula is C25H30N6O. The third kappa shape index (κ3) is 5.49. The Hall–Kier alpha value is -3.74. The third-order valence-electron chi connectivity index (χ3n) is 4.66. The average Bonchev–Trinajstić information content (AvgIpc) is 2.78. The van der Waals surface area contributed by atoms with Gasteiger partial charge in [0.05, 0.1) is 12.8 Å². The van der Waals surface area contributed by atoms with Crippen molar-refractivity contribution in [3.05, 3.63) is 65.9 Å². The van der Waals surface area contributed by atoms with Crippen LogP contribution >= 0.6 is 0 Å². The maximum absolute atomic E-state index is 6.12. The second kappa shape index (κ2) is 10.0. The fraction of sp³-hybridized carbons (Fsp3) is 0.280. The zero-order valence-corrected chi connectivity index (χ0v) is 19.2. The molecule has 7 heteroatoms. The summed E-state index contributed by atoms with van der Waals surface area (Å²) < 4.78 is 5.62. The number of amidine groups is 2. The molecule has 3 aromatic rings. The van der Waals surface area contributed by atoms with Gasteiger partial charge in [0.15, 0.2) is 5.82 Å². The fourth-order valence-corrected chi connectivity index (χ4v) is 3.21. The molecule has 7 nitrogen and oxygen atoms in total. The molecule has 0 amide bonds. The lowest BCUT2D eigenvalue weighted by atomic mass is 10.1. The monoisotopic (exact) mass is 430 g/mol. The largest absolute Gasteiger partial charge is 0.496 e. The summed E-state index contributed by atoms with van der Waals surface area (Å²) in [4.78, 5) is 18.0. The van der Waals surface area contributed by atoms with Crippen molar-refractivity contribution in [2.45, 2.75) is 39.8 Å². The minimum Gasteiger partial charge on any atom is -0.496 e. The summed E-state index contributed by atoms with van der Waals surface area (Å²) in [6, 6.07) is 15.6. The Morgan fingerprint density at radius 2 is 1.44 bits per heavy atom. The van der Waals surface area contributed by atoms with Gasteiger partial charge in [0, 0.05) is 40.5 Å². The number of nitrogens with two attached hydrogens (primary N) is 2. The van der Waals surface area contributed by atoms with Crippen molar-refractivity contribution in [2.24, 2.45) is 21.5 Å². The molecule has 0 bridgehead atoms. The lowest BCUT2D eigenvalue weighted by molar-refractivity contribution is 0.416. The number of methoxy groups -OCH3 is 1. The van der Waals surface area contributed by atoms with E-state index in [1.54, 1.807) is 13.3 Å². The molecule has 0 spiro atoms. The van der Waals surface area contributed by atoms with E-state index in [1.165, 1.54) is 0 Å². The summed E-state index contributed by atoms with van der Waals surface area (Å²) in [6.45, 7) is 7.96. The lowest BCUT2D eigenvalue weighted by Gasteiger charge is -2.12. The Balaban J connectivity index is 1.94. The number of hydrogen-bond acceptors (Lipinski definition) is 5. The van der Waals surface area contributed by atoms with E-state index in [-0.39, 0.29) is 12.1 Å². The summed E-state index contributed by atoms with van der Waals surface area (Å²) in [5.74, 6) is 2.28. The van der Waals surface area contributed by atoms with E-state index < -0.39 is 0 Å². The zero-order chi connectivity index (χ0) is 23.3. The van der Waals surface area contributed by atoms with Crippen LogP contribution in [0.15, 0.2) is 64.7 Å². The first kappa shape index (κ1) is 22.9. The molecule has 0 fully saturated rings. The number of aliphatic imine (C=N–C) groups is 2. The van der Waals surface area contributed by atoms with Crippen LogP contribution in [-0.2, 0) is 0 Å². The number of ether oxygens (including phenoxy) is 1. The quantitative estimate of drug-likeness (QED) is 0.434. The highest BCUT2D eigenvalue weighted by atomic mass is 16.5. The SMILES string of the molecule is COc1cc(C(N)=NC(C)C)ccc1-c1ccnc(-c2ccc(C(N)=NC(C)C)cc2)n1. The van der Waals surface area contributed by atoms with E-state index in [0.717, 1.165) is 27.9 Å². The van der Waals surface area contributed by atoms with E-state index in [9.17, 15) is 0 Å². The van der Waals surface area contributed by atoms with Crippen LogP contribution in [0.2, 0.25) is 0 Å². The molecular weight excluding hydrogens is 400 g/mol. The smallest absolute Gasteiger partial charge is 0.159 e. The highest BCUT2D eigenvalue weighted by molar-refractivity contribution is 5.99. The molecule has 0 aliphatic rings. The van der Waals surface area contributed by atoms with Gasteiger partial charge in [-0.05, 0) is 45.9 Å². The molecule has 4 N–H and O–H groups in total. The summed E-state index contributed by atoms with van der Waals surface area (Å²) >= 11 is 0. The van der Waals surface area contributed by atoms with E-state index in [2.05, 4.69) is 15.0 Å². The first-order valence-corrected chi connectivity index (χ1v) is 10.6. The van der Waals surface area contributed by atoms with Crippen molar-refractivity contribution in [3.8, 4) is 28.4 Å². The fourth-order valence-electron chi connectivity index (χ4n) is 3.21. The molecule has 0 atom stereocenters. The van der Waals surface area contributed by atoms with Gasteiger partial charge >= 0.3 is 0 Å². The molecule has 1 aromatic heterocycles. The molecule has 0 aliphatic carbocycles. The van der Waals surface area contributed by atoms with Gasteiger partial charge in [-0.1, -0.05) is 30.3 Å². The number of aromatic nitrogens is 2. The van der Waals surface area contributed by atoms with Crippen LogP contribution in [-0.4, -0.2) is 40.8 Å². The Labute approximate surface area is 189 Å². The van der Waals surface area contributed by atoms with Crippen molar-refractivity contribution >= 4 is 11.7 Å². The van der Waals surface area contributed by atoms with Crippen LogP contribution in [0.25, 0.3) is 22.6 Å². The second-order valence-corrected chi connectivity index (χ2v) is 7.97. The van der Waals surface area contributed by atoms with Gasteiger partial charge in [-0.15, -0.1) is 0 Å².